The van der Waals surface area contributed by atoms with Gasteiger partial charge in [-0.15, -0.1) is 0 Å². The van der Waals surface area contributed by atoms with Gasteiger partial charge in [0.1, 0.15) is 11.6 Å². The monoisotopic (exact) mass is 708 g/mol. The zero-order valence-corrected chi connectivity index (χ0v) is 30.5. The minimum absolute atomic E-state index is 0.286. The van der Waals surface area contributed by atoms with Gasteiger partial charge in [-0.05, 0) is 146 Å². The lowest BCUT2D eigenvalue weighted by molar-refractivity contribution is 0.489. The third kappa shape index (κ3) is 3.89. The first-order chi connectivity index (χ1) is 27.0. The second kappa shape index (κ2) is 10.9. The number of hydrogen-bond acceptors (Lipinski definition) is 0. The predicted octanol–water partition coefficient (Wildman–Crippen LogP) is 15.3. The van der Waals surface area contributed by atoms with Crippen molar-refractivity contribution in [1.82, 2.24) is 0 Å². The molecular weight excluding hydrogens is 675 g/mol. The summed E-state index contributed by atoms with van der Waals surface area (Å²) in [6.07, 6.45) is 1.62. The molecule has 1 aliphatic rings. The van der Waals surface area contributed by atoms with Crippen molar-refractivity contribution < 1.29 is 8.78 Å². The molecule has 12 rings (SSSR count). The van der Waals surface area contributed by atoms with Gasteiger partial charge in [0.2, 0.25) is 0 Å². The van der Waals surface area contributed by atoms with Crippen LogP contribution in [0.15, 0.2) is 146 Å². The fourth-order valence-corrected chi connectivity index (χ4v) is 10.8. The molecule has 0 N–H and O–H groups in total. The lowest BCUT2D eigenvalue weighted by atomic mass is 9.72. The Kier molecular flexibility index (Phi) is 6.12. The van der Waals surface area contributed by atoms with E-state index in [-0.39, 0.29) is 11.6 Å². The van der Waals surface area contributed by atoms with Crippen LogP contribution < -0.4 is 0 Å². The second-order valence-corrected chi connectivity index (χ2v) is 15.6. The first-order valence-corrected chi connectivity index (χ1v) is 19.4. The van der Waals surface area contributed by atoms with Crippen molar-refractivity contribution >= 4 is 75.4 Å². The Bertz CT molecular complexity index is 3350. The van der Waals surface area contributed by atoms with Crippen molar-refractivity contribution in [2.75, 3.05) is 0 Å². The molecule has 0 nitrogen and oxygen atoms in total. The summed E-state index contributed by atoms with van der Waals surface area (Å²) >= 11 is 0. The molecule has 0 fully saturated rings. The summed E-state index contributed by atoms with van der Waals surface area (Å²) in [5.41, 5.74) is 6.29. The molecular formula is C53H34F2. The van der Waals surface area contributed by atoms with E-state index in [4.69, 9.17) is 0 Å². The number of fused-ring (bicyclic) bond motifs is 5. The fraction of sp³-hybridized carbons (Fsp3) is 0.0943. The Morgan fingerprint density at radius 2 is 0.745 bits per heavy atom. The lowest BCUT2D eigenvalue weighted by Gasteiger charge is -2.30. The Balaban J connectivity index is 1.08. The van der Waals surface area contributed by atoms with Gasteiger partial charge in [0.25, 0.3) is 0 Å². The predicted molar refractivity (Wildman–Crippen MR) is 229 cm³/mol. The van der Waals surface area contributed by atoms with Crippen LogP contribution in [0.25, 0.3) is 109 Å². The molecule has 0 aromatic heterocycles. The van der Waals surface area contributed by atoms with Gasteiger partial charge < -0.3 is 0 Å². The maximum Gasteiger partial charge on any atom is 0.131 e. The first-order valence-electron chi connectivity index (χ1n) is 19.4. The van der Waals surface area contributed by atoms with Crippen molar-refractivity contribution in [2.45, 2.75) is 32.1 Å². The molecule has 0 unspecified atom stereocenters. The van der Waals surface area contributed by atoms with Crippen molar-refractivity contribution in [1.29, 1.82) is 0 Å². The standard InChI is InChI=1S/C53H34F2/c1-3-53(4-2)45-25-43(33-21-19-32-18-17-30-9-5-10-31-20-22-39(33)51(32)49(30)31)47(54)27-41(45)42-28-48(55)44(26-46(42)53)34-23-24-40-37-14-7-12-29-11-6-13-36(50(29)37)38-16-8-15-35(34)52(38)40/h5-28H,3-4H2,1-2H3. The Hall–Kier alpha value is -6.38. The normalized spacial score (nSPS) is 13.7. The van der Waals surface area contributed by atoms with Crippen LogP contribution >= 0.6 is 0 Å². The van der Waals surface area contributed by atoms with Gasteiger partial charge >= 0.3 is 0 Å². The fourth-order valence-electron chi connectivity index (χ4n) is 10.8. The van der Waals surface area contributed by atoms with Crippen LogP contribution in [0.2, 0.25) is 0 Å². The molecule has 0 spiro atoms. The zero-order valence-electron chi connectivity index (χ0n) is 30.5. The number of rotatable bonds is 4. The van der Waals surface area contributed by atoms with Gasteiger partial charge in [0, 0.05) is 16.5 Å². The van der Waals surface area contributed by atoms with Crippen LogP contribution in [0.3, 0.4) is 0 Å². The molecule has 2 heteroatoms. The topological polar surface area (TPSA) is 0 Å². The van der Waals surface area contributed by atoms with Gasteiger partial charge in [-0.1, -0.05) is 135 Å². The van der Waals surface area contributed by atoms with Crippen molar-refractivity contribution in [3.8, 4) is 33.4 Å². The third-order valence-corrected chi connectivity index (χ3v) is 13.4. The second-order valence-electron chi connectivity index (χ2n) is 15.6. The highest BCUT2D eigenvalue weighted by molar-refractivity contribution is 6.34. The zero-order chi connectivity index (χ0) is 36.7. The van der Waals surface area contributed by atoms with E-state index in [0.29, 0.717) is 11.1 Å². The molecule has 1 aliphatic carbocycles. The molecule has 0 bridgehead atoms. The molecule has 0 saturated carbocycles. The molecule has 0 saturated heterocycles. The van der Waals surface area contributed by atoms with Gasteiger partial charge in [0.05, 0.1) is 0 Å². The summed E-state index contributed by atoms with van der Waals surface area (Å²) in [6, 6.07) is 50.5. The van der Waals surface area contributed by atoms with Gasteiger partial charge in [-0.2, -0.15) is 0 Å². The average Bonchev–Trinajstić information content (AvgIpc) is 3.48. The minimum Gasteiger partial charge on any atom is -0.206 e. The molecule has 0 atom stereocenters. The summed E-state index contributed by atoms with van der Waals surface area (Å²) in [4.78, 5) is 0. The summed E-state index contributed by atoms with van der Waals surface area (Å²) < 4.78 is 33.6. The van der Waals surface area contributed by atoms with Gasteiger partial charge in [0.15, 0.2) is 0 Å². The van der Waals surface area contributed by atoms with Crippen LogP contribution in [0.4, 0.5) is 8.78 Å². The van der Waals surface area contributed by atoms with Gasteiger partial charge in [-0.25, -0.2) is 8.78 Å². The Morgan fingerprint density at radius 3 is 1.35 bits per heavy atom. The van der Waals surface area contributed by atoms with E-state index < -0.39 is 5.41 Å². The average molecular weight is 709 g/mol. The SMILES string of the molecule is CCC1(CC)c2cc(-c3ccc4c5cccc6cccc(c7cccc3c74)c65)c(F)cc2-c2cc(F)c(-c3ccc4ccc5cccc6ccc3c4c56)cc21. The van der Waals surface area contributed by atoms with E-state index in [0.717, 1.165) is 67.8 Å². The highest BCUT2D eigenvalue weighted by Crippen LogP contribution is 2.56. The maximum atomic E-state index is 16.9. The van der Waals surface area contributed by atoms with Crippen LogP contribution in [0.5, 0.6) is 0 Å². The molecule has 0 heterocycles. The number of halogens is 2. The summed E-state index contributed by atoms with van der Waals surface area (Å²) in [5, 5.41) is 16.4. The van der Waals surface area contributed by atoms with E-state index in [1.54, 1.807) is 12.1 Å². The molecule has 0 amide bonds. The first kappa shape index (κ1) is 31.0. The van der Waals surface area contributed by atoms with Crippen LogP contribution in [-0.2, 0) is 5.41 Å². The Morgan fingerprint density at radius 1 is 0.345 bits per heavy atom. The van der Waals surface area contributed by atoms with Crippen molar-refractivity contribution in [3.05, 3.63) is 168 Å². The molecule has 11 aromatic carbocycles. The van der Waals surface area contributed by atoms with Crippen LogP contribution in [-0.4, -0.2) is 0 Å². The molecule has 11 aromatic rings. The quantitative estimate of drug-likeness (QED) is 0.126. The van der Waals surface area contributed by atoms with Gasteiger partial charge in [-0.3, -0.25) is 0 Å². The summed E-state index contributed by atoms with van der Waals surface area (Å²) in [5.74, 6) is -0.575. The maximum absolute atomic E-state index is 16.9. The molecule has 0 radical (unpaired) electrons. The third-order valence-electron chi connectivity index (χ3n) is 13.4. The number of hydrogen-bond donors (Lipinski definition) is 0. The molecule has 0 aliphatic heterocycles. The van der Waals surface area contributed by atoms with Crippen LogP contribution in [0, 0.1) is 11.6 Å². The van der Waals surface area contributed by atoms with Crippen molar-refractivity contribution in [3.63, 3.8) is 0 Å². The summed E-state index contributed by atoms with van der Waals surface area (Å²) in [6.45, 7) is 4.43. The van der Waals surface area contributed by atoms with E-state index in [9.17, 15) is 0 Å². The van der Waals surface area contributed by atoms with E-state index >= 15 is 8.78 Å². The largest absolute Gasteiger partial charge is 0.206 e. The molecule has 260 valence electrons. The molecule has 55 heavy (non-hydrogen) atoms. The smallest absolute Gasteiger partial charge is 0.131 e. The van der Waals surface area contributed by atoms with E-state index in [2.05, 4.69) is 147 Å². The van der Waals surface area contributed by atoms with E-state index in [1.165, 1.54) is 53.9 Å². The summed E-state index contributed by atoms with van der Waals surface area (Å²) in [7, 11) is 0. The van der Waals surface area contributed by atoms with Crippen LogP contribution in [0.1, 0.15) is 37.8 Å². The number of benzene rings is 11. The van der Waals surface area contributed by atoms with E-state index in [1.807, 2.05) is 0 Å². The highest BCUT2D eigenvalue weighted by Gasteiger charge is 2.42. The van der Waals surface area contributed by atoms with Crippen molar-refractivity contribution in [2.24, 2.45) is 0 Å². The minimum atomic E-state index is -0.403. The lowest BCUT2D eigenvalue weighted by Crippen LogP contribution is -2.23. The highest BCUT2D eigenvalue weighted by atomic mass is 19.1. The Labute approximate surface area is 316 Å².